The number of phenolic OH excluding ortho intramolecular Hbond substituents is 2. The van der Waals surface area contributed by atoms with Crippen LogP contribution >= 0.6 is 0 Å². The molecule has 0 radical (unpaired) electrons. The summed E-state index contributed by atoms with van der Waals surface area (Å²) in [5.41, 5.74) is 5.46. The van der Waals surface area contributed by atoms with Crippen LogP contribution in [0.1, 0.15) is 26.3 Å². The van der Waals surface area contributed by atoms with Crippen molar-refractivity contribution in [3.05, 3.63) is 78.6 Å². The van der Waals surface area contributed by atoms with Crippen molar-refractivity contribution in [3.8, 4) is 50.9 Å². The number of pyridine rings is 2. The van der Waals surface area contributed by atoms with E-state index in [4.69, 9.17) is 34.4 Å². The van der Waals surface area contributed by atoms with Gasteiger partial charge in [-0.1, -0.05) is 24.3 Å². The molecule has 4 aromatic rings. The number of aryl methyl sites for hydroxylation is 1. The Labute approximate surface area is 253 Å². The first-order valence-corrected chi connectivity index (χ1v) is 11.9. The molecule has 11 nitrogen and oxygen atoms in total. The van der Waals surface area contributed by atoms with Crippen molar-refractivity contribution in [2.45, 2.75) is 27.7 Å². The summed E-state index contributed by atoms with van der Waals surface area (Å²) in [6.07, 6.45) is 3.43. The number of carboxylic acids is 3. The molecule has 0 fully saturated rings. The molecule has 2 heterocycles. The smallest absolute Gasteiger partial charge is 0.550 e. The first-order valence-electron chi connectivity index (χ1n) is 11.9. The third-order valence-corrected chi connectivity index (χ3v) is 4.77. The quantitative estimate of drug-likeness (QED) is 0.315. The van der Waals surface area contributed by atoms with Crippen molar-refractivity contribution >= 4 is 17.9 Å². The Kier molecular flexibility index (Phi) is 16.3. The van der Waals surface area contributed by atoms with Gasteiger partial charge in [-0.25, -0.2) is 0 Å². The number of carbonyl (C=O) groups excluding carboxylic acids is 3. The molecule has 220 valence electrons. The molecule has 0 saturated heterocycles. The van der Waals surface area contributed by atoms with Gasteiger partial charge in [-0.05, 0) is 69.7 Å². The van der Waals surface area contributed by atoms with Gasteiger partial charge in [0, 0.05) is 52.6 Å². The SMILES string of the molecule is CC(=O)[O-].CC(=O)[O-].CC(=O)[O-].COc1ccc(O)c(-c2ccc(-c3ccc(-c4ccc(C)cc4O)cn3)nc2)c1.[Mn+3]. The van der Waals surface area contributed by atoms with Crippen molar-refractivity contribution in [1.29, 1.82) is 0 Å². The number of hydrogen-bond donors (Lipinski definition) is 2. The Balaban J connectivity index is 0.00000111. The van der Waals surface area contributed by atoms with E-state index >= 15 is 0 Å². The molecule has 0 bridgehead atoms. The van der Waals surface area contributed by atoms with E-state index in [9.17, 15) is 10.2 Å². The zero-order chi connectivity index (χ0) is 31.1. The molecule has 0 saturated carbocycles. The van der Waals surface area contributed by atoms with Gasteiger partial charge < -0.3 is 44.7 Å². The Morgan fingerprint density at radius 3 is 1.50 bits per heavy atom. The van der Waals surface area contributed by atoms with Gasteiger partial charge in [0.25, 0.3) is 0 Å². The second-order valence-electron chi connectivity index (χ2n) is 8.24. The summed E-state index contributed by atoms with van der Waals surface area (Å²) in [4.78, 5) is 35.6. The van der Waals surface area contributed by atoms with Gasteiger partial charge in [-0.15, -0.1) is 0 Å². The third-order valence-electron chi connectivity index (χ3n) is 4.77. The zero-order valence-corrected chi connectivity index (χ0v) is 24.6. The number of aromatic nitrogens is 2. The number of carboxylic acid groups (broad SMARTS) is 3. The maximum absolute atomic E-state index is 10.2. The van der Waals surface area contributed by atoms with Gasteiger partial charge >= 0.3 is 17.1 Å². The molecular weight excluding hydrogens is 587 g/mol. The summed E-state index contributed by atoms with van der Waals surface area (Å²) in [5.74, 6) is -2.18. The summed E-state index contributed by atoms with van der Waals surface area (Å²) in [7, 11) is 1.59. The fraction of sp³-hybridized carbons (Fsp3) is 0.167. The Morgan fingerprint density at radius 2 is 1.12 bits per heavy atom. The van der Waals surface area contributed by atoms with Crippen molar-refractivity contribution in [3.63, 3.8) is 0 Å². The molecule has 0 aliphatic rings. The molecule has 0 spiro atoms. The van der Waals surface area contributed by atoms with Crippen LogP contribution in [0, 0.1) is 6.92 Å². The Hall–Kier alpha value is -4.93. The van der Waals surface area contributed by atoms with Gasteiger partial charge in [0.1, 0.15) is 17.2 Å². The van der Waals surface area contributed by atoms with E-state index in [1.807, 2.05) is 43.3 Å². The van der Waals surface area contributed by atoms with Crippen LogP contribution < -0.4 is 20.1 Å². The van der Waals surface area contributed by atoms with Gasteiger partial charge in [0.2, 0.25) is 0 Å². The summed E-state index contributed by atoms with van der Waals surface area (Å²) in [5, 5.41) is 47.0. The minimum absolute atomic E-state index is 0. The monoisotopic (exact) mass is 616 g/mol. The van der Waals surface area contributed by atoms with E-state index < -0.39 is 17.9 Å². The van der Waals surface area contributed by atoms with Crippen LogP contribution in [-0.4, -0.2) is 45.2 Å². The molecule has 0 atom stereocenters. The number of aliphatic carboxylic acids is 3. The normalized spacial score (nSPS) is 9.17. The van der Waals surface area contributed by atoms with E-state index in [2.05, 4.69) is 9.97 Å². The average molecular weight is 617 g/mol. The van der Waals surface area contributed by atoms with Crippen LogP contribution in [-0.2, 0) is 31.5 Å². The second kappa shape index (κ2) is 18.4. The fourth-order valence-electron chi connectivity index (χ4n) is 3.17. The number of rotatable bonds is 4. The molecule has 42 heavy (non-hydrogen) atoms. The van der Waals surface area contributed by atoms with Crippen LogP contribution in [0.15, 0.2) is 73.1 Å². The van der Waals surface area contributed by atoms with Crippen molar-refractivity contribution < 1.29 is 61.7 Å². The molecule has 0 aliphatic carbocycles. The Morgan fingerprint density at radius 1 is 0.667 bits per heavy atom. The van der Waals surface area contributed by atoms with Gasteiger partial charge in [0.05, 0.1) is 18.5 Å². The maximum Gasteiger partial charge on any atom is 3.00 e. The van der Waals surface area contributed by atoms with Crippen LogP contribution in [0.4, 0.5) is 0 Å². The average Bonchev–Trinajstić information content (AvgIpc) is 2.88. The summed E-state index contributed by atoms with van der Waals surface area (Å²) < 4.78 is 5.23. The van der Waals surface area contributed by atoms with E-state index in [0.717, 1.165) is 54.4 Å². The molecule has 0 aliphatic heterocycles. The van der Waals surface area contributed by atoms with E-state index in [1.165, 1.54) is 0 Å². The topological polar surface area (TPSA) is 196 Å². The number of carbonyl (C=O) groups is 3. The zero-order valence-electron chi connectivity index (χ0n) is 23.5. The first kappa shape index (κ1) is 37.1. The molecule has 4 rings (SSSR count). The maximum atomic E-state index is 10.2. The van der Waals surface area contributed by atoms with Gasteiger partial charge in [-0.2, -0.15) is 0 Å². The van der Waals surface area contributed by atoms with Crippen LogP contribution in [0.5, 0.6) is 17.2 Å². The summed E-state index contributed by atoms with van der Waals surface area (Å²) >= 11 is 0. The number of ether oxygens (including phenoxy) is 1. The van der Waals surface area contributed by atoms with Crippen LogP contribution in [0.25, 0.3) is 33.6 Å². The molecule has 12 heteroatoms. The van der Waals surface area contributed by atoms with Crippen LogP contribution in [0.3, 0.4) is 0 Å². The third kappa shape index (κ3) is 13.4. The van der Waals surface area contributed by atoms with E-state index in [0.29, 0.717) is 11.3 Å². The second-order valence-corrected chi connectivity index (χ2v) is 8.24. The van der Waals surface area contributed by atoms with Crippen LogP contribution in [0.2, 0.25) is 0 Å². The number of aromatic hydroxyl groups is 2. The first-order chi connectivity index (χ1) is 19.2. The van der Waals surface area contributed by atoms with E-state index in [1.54, 1.807) is 43.8 Å². The van der Waals surface area contributed by atoms with Gasteiger partial charge in [0.15, 0.2) is 0 Å². The number of methoxy groups -OCH3 is 1. The largest absolute Gasteiger partial charge is 3.00 e. The number of hydrogen-bond acceptors (Lipinski definition) is 11. The number of phenols is 2. The molecule has 2 aromatic heterocycles. The molecule has 2 N–H and O–H groups in total. The number of nitrogens with zero attached hydrogens (tertiary/aromatic N) is 2. The molecule has 2 aromatic carbocycles. The van der Waals surface area contributed by atoms with Gasteiger partial charge in [-0.3, -0.25) is 9.97 Å². The minimum atomic E-state index is -1.08. The minimum Gasteiger partial charge on any atom is -0.550 e. The summed E-state index contributed by atoms with van der Waals surface area (Å²) in [6, 6.07) is 18.2. The predicted molar refractivity (Wildman–Crippen MR) is 145 cm³/mol. The standard InChI is InChI=1S/C24H20N2O3.3C2H4O2.Mn/c1-15-3-7-19(24(28)11-15)16-4-8-21(25-13-16)22-9-5-17(14-26-22)20-12-18(29-2)6-10-23(20)27;3*1-2(3)4;/h3-14,27-28H,1-2H3;3*1H3,(H,3,4);/q;;;;+3/p-3. The van der Waals surface area contributed by atoms with E-state index in [-0.39, 0.29) is 28.6 Å². The fourth-order valence-corrected chi connectivity index (χ4v) is 3.17. The molecule has 0 amide bonds. The molecular formula is C30H29MnN2O9. The summed E-state index contributed by atoms with van der Waals surface area (Å²) in [6.45, 7) is 4.85. The predicted octanol–water partition coefficient (Wildman–Crippen LogP) is 1.47. The Bertz CT molecular complexity index is 1420. The van der Waals surface area contributed by atoms with Crippen molar-refractivity contribution in [2.24, 2.45) is 0 Å². The number of benzene rings is 2. The van der Waals surface area contributed by atoms with Crippen molar-refractivity contribution in [1.82, 2.24) is 9.97 Å². The molecule has 0 unspecified atom stereocenters. The van der Waals surface area contributed by atoms with Crippen molar-refractivity contribution in [2.75, 3.05) is 7.11 Å².